The predicted octanol–water partition coefficient (Wildman–Crippen LogP) is 3.27. The number of rotatable bonds is 6. The van der Waals surface area contributed by atoms with E-state index in [0.717, 1.165) is 27.6 Å². The van der Waals surface area contributed by atoms with E-state index in [1.165, 1.54) is 29.5 Å². The Kier molecular flexibility index (Phi) is 8.32. The van der Waals surface area contributed by atoms with Gasteiger partial charge in [0.2, 0.25) is 0 Å². The molecule has 0 saturated carbocycles. The maximum absolute atomic E-state index is 14.0. The van der Waals surface area contributed by atoms with Crippen LogP contribution in [0.5, 0.6) is 5.75 Å². The van der Waals surface area contributed by atoms with Crippen LogP contribution < -0.4 is 39.4 Å². The van der Waals surface area contributed by atoms with Crippen LogP contribution in [-0.2, 0) is 6.61 Å². The molecule has 0 radical (unpaired) electrons. The number of hydrogen-bond acceptors (Lipinski definition) is 4. The third-order valence-corrected chi connectivity index (χ3v) is 6.18. The van der Waals surface area contributed by atoms with Crippen LogP contribution in [0.15, 0.2) is 66.0 Å². The Labute approximate surface area is 220 Å². The molecule has 0 fully saturated rings. The number of carboxylic acids is 1. The first-order valence-electron chi connectivity index (χ1n) is 9.60. The summed E-state index contributed by atoms with van der Waals surface area (Å²) in [5, 5.41) is 13.6. The number of halogens is 3. The SMILES string of the molecule is Cc1cc(C(=O)[O-])ccc1-c1sccc1-c1cc(Cl)ccc1OCc1ccc(F)cc1F.[Na+]. The quantitative estimate of drug-likeness (QED) is 0.388. The molecule has 1 heterocycles. The van der Waals surface area contributed by atoms with E-state index in [2.05, 4.69) is 0 Å². The van der Waals surface area contributed by atoms with Gasteiger partial charge in [-0.1, -0.05) is 23.7 Å². The summed E-state index contributed by atoms with van der Waals surface area (Å²) >= 11 is 7.75. The van der Waals surface area contributed by atoms with E-state index >= 15 is 0 Å². The Morgan fingerprint density at radius 2 is 1.79 bits per heavy atom. The Hall–Kier alpha value is -2.22. The molecular formula is C25H16ClF2NaO3S. The van der Waals surface area contributed by atoms with Gasteiger partial charge in [0.05, 0.1) is 5.97 Å². The minimum Gasteiger partial charge on any atom is -0.545 e. The summed E-state index contributed by atoms with van der Waals surface area (Å²) in [6.45, 7) is 1.75. The molecule has 162 valence electrons. The number of carbonyl (C=O) groups excluding carboxylic acids is 1. The van der Waals surface area contributed by atoms with E-state index < -0.39 is 17.6 Å². The molecule has 3 nitrogen and oxygen atoms in total. The number of carbonyl (C=O) groups is 1. The minimum absolute atomic E-state index is 0. The maximum atomic E-state index is 14.0. The molecule has 0 N–H and O–H groups in total. The summed E-state index contributed by atoms with van der Waals surface area (Å²) in [5.41, 5.74) is 3.55. The van der Waals surface area contributed by atoms with Crippen LogP contribution in [0.4, 0.5) is 8.78 Å². The summed E-state index contributed by atoms with van der Waals surface area (Å²) in [6.07, 6.45) is 0. The van der Waals surface area contributed by atoms with Gasteiger partial charge in [-0.2, -0.15) is 0 Å². The number of aryl methyl sites for hydroxylation is 1. The van der Waals surface area contributed by atoms with Gasteiger partial charge in [0, 0.05) is 32.7 Å². The maximum Gasteiger partial charge on any atom is 1.00 e. The fourth-order valence-electron chi connectivity index (χ4n) is 3.41. The number of benzene rings is 3. The molecule has 0 spiro atoms. The third kappa shape index (κ3) is 5.65. The Morgan fingerprint density at radius 1 is 1.00 bits per heavy atom. The second-order valence-electron chi connectivity index (χ2n) is 7.15. The number of ether oxygens (including phenoxy) is 1. The summed E-state index contributed by atoms with van der Waals surface area (Å²) in [6, 6.07) is 15.2. The molecule has 0 saturated heterocycles. The fourth-order valence-corrected chi connectivity index (χ4v) is 4.58. The van der Waals surface area contributed by atoms with Crippen LogP contribution in [0.25, 0.3) is 21.6 Å². The minimum atomic E-state index is -1.23. The summed E-state index contributed by atoms with van der Waals surface area (Å²) < 4.78 is 33.1. The molecule has 3 aromatic carbocycles. The van der Waals surface area contributed by atoms with Crippen LogP contribution >= 0.6 is 22.9 Å². The van der Waals surface area contributed by atoms with E-state index in [0.29, 0.717) is 16.3 Å². The first-order chi connectivity index (χ1) is 15.3. The summed E-state index contributed by atoms with van der Waals surface area (Å²) in [4.78, 5) is 12.1. The third-order valence-electron chi connectivity index (χ3n) is 5.00. The van der Waals surface area contributed by atoms with Crippen molar-refractivity contribution < 1.29 is 53.0 Å². The van der Waals surface area contributed by atoms with Crippen molar-refractivity contribution in [2.45, 2.75) is 13.5 Å². The average Bonchev–Trinajstić information content (AvgIpc) is 3.23. The van der Waals surface area contributed by atoms with Gasteiger partial charge in [-0.25, -0.2) is 8.78 Å². The topological polar surface area (TPSA) is 49.4 Å². The van der Waals surface area contributed by atoms with E-state index in [9.17, 15) is 18.7 Å². The molecule has 0 aliphatic heterocycles. The van der Waals surface area contributed by atoms with Crippen LogP contribution in [-0.4, -0.2) is 5.97 Å². The number of hydrogen-bond donors (Lipinski definition) is 0. The van der Waals surface area contributed by atoms with Crippen molar-refractivity contribution in [3.63, 3.8) is 0 Å². The Morgan fingerprint density at radius 3 is 2.48 bits per heavy atom. The van der Waals surface area contributed by atoms with Crippen LogP contribution in [0.1, 0.15) is 21.5 Å². The second kappa shape index (κ2) is 10.8. The van der Waals surface area contributed by atoms with Gasteiger partial charge in [-0.3, -0.25) is 0 Å². The number of aromatic carboxylic acids is 1. The zero-order valence-corrected chi connectivity index (χ0v) is 21.4. The van der Waals surface area contributed by atoms with Crippen LogP contribution in [0.3, 0.4) is 0 Å². The van der Waals surface area contributed by atoms with E-state index in [-0.39, 0.29) is 47.3 Å². The molecule has 0 aliphatic carbocycles. The van der Waals surface area contributed by atoms with Gasteiger partial charge in [-0.05, 0) is 71.5 Å². The number of thiophene rings is 1. The number of carboxylic acid groups (broad SMARTS) is 1. The van der Waals surface area contributed by atoms with Gasteiger partial charge in [0.1, 0.15) is 24.0 Å². The molecule has 4 aromatic rings. The average molecular weight is 493 g/mol. The molecule has 0 aliphatic rings. The molecular weight excluding hydrogens is 477 g/mol. The van der Waals surface area contributed by atoms with Crippen molar-refractivity contribution in [3.8, 4) is 27.3 Å². The van der Waals surface area contributed by atoms with Gasteiger partial charge >= 0.3 is 29.6 Å². The largest absolute Gasteiger partial charge is 1.00 e. The standard InChI is InChI=1S/C25H17ClF2O3S.Na/c1-14-10-15(25(29)30)3-6-19(14)24-20(8-9-32-24)21-11-17(26)4-7-23(21)31-13-16-2-5-18(27)12-22(16)28;/h2-12H,13H2,1H3,(H,29,30);/q;+1/p-1. The van der Waals surface area contributed by atoms with Crippen LogP contribution in [0.2, 0.25) is 5.02 Å². The van der Waals surface area contributed by atoms with E-state index in [4.69, 9.17) is 16.3 Å². The molecule has 4 rings (SSSR count). The second-order valence-corrected chi connectivity index (χ2v) is 8.50. The zero-order valence-electron chi connectivity index (χ0n) is 17.8. The predicted molar refractivity (Wildman–Crippen MR) is 120 cm³/mol. The van der Waals surface area contributed by atoms with Crippen molar-refractivity contribution in [1.29, 1.82) is 0 Å². The van der Waals surface area contributed by atoms with Gasteiger partial charge in [0.25, 0.3) is 0 Å². The molecule has 8 heteroatoms. The fraction of sp³-hybridized carbons (Fsp3) is 0.0800. The van der Waals surface area contributed by atoms with Gasteiger partial charge < -0.3 is 14.6 Å². The molecule has 33 heavy (non-hydrogen) atoms. The summed E-state index contributed by atoms with van der Waals surface area (Å²) in [5.74, 6) is -2.08. The first-order valence-corrected chi connectivity index (χ1v) is 10.9. The van der Waals surface area contributed by atoms with Crippen molar-refractivity contribution in [1.82, 2.24) is 0 Å². The molecule has 1 aromatic heterocycles. The van der Waals surface area contributed by atoms with Gasteiger partial charge in [0.15, 0.2) is 0 Å². The smallest absolute Gasteiger partial charge is 0.545 e. The van der Waals surface area contributed by atoms with Crippen molar-refractivity contribution >= 4 is 28.9 Å². The Bertz CT molecular complexity index is 1320. The van der Waals surface area contributed by atoms with Crippen molar-refractivity contribution in [2.75, 3.05) is 0 Å². The normalized spacial score (nSPS) is 10.5. The van der Waals surface area contributed by atoms with Crippen molar-refractivity contribution in [3.05, 3.63) is 99.4 Å². The Balaban J connectivity index is 0.00000306. The molecule has 0 atom stereocenters. The molecule has 0 unspecified atom stereocenters. The first kappa shape index (κ1) is 25.4. The van der Waals surface area contributed by atoms with Crippen LogP contribution in [0, 0.1) is 18.6 Å². The zero-order chi connectivity index (χ0) is 22.8. The monoisotopic (exact) mass is 492 g/mol. The van der Waals surface area contributed by atoms with Crippen molar-refractivity contribution in [2.24, 2.45) is 0 Å². The summed E-state index contributed by atoms with van der Waals surface area (Å²) in [7, 11) is 0. The van der Waals surface area contributed by atoms with Gasteiger partial charge in [-0.15, -0.1) is 11.3 Å². The van der Waals surface area contributed by atoms with E-state index in [1.807, 2.05) is 18.4 Å². The molecule has 0 amide bonds. The molecule has 0 bridgehead atoms. The van der Waals surface area contributed by atoms with E-state index in [1.54, 1.807) is 30.3 Å².